The normalized spacial score (nSPS) is 10.9. The maximum absolute atomic E-state index is 5.86. The predicted octanol–water partition coefficient (Wildman–Crippen LogP) is 5.10. The van der Waals surface area contributed by atoms with Crippen molar-refractivity contribution in [3.8, 4) is 0 Å². The standard InChI is InChI=1S/C13H8ClNS2/c14-9-5-7-10(8-6-9)16-13-15-11-3-1-2-4-12(11)17-13/h1-8H. The van der Waals surface area contributed by atoms with Crippen LogP contribution in [-0.4, -0.2) is 4.98 Å². The van der Waals surface area contributed by atoms with E-state index < -0.39 is 0 Å². The number of rotatable bonds is 2. The Kier molecular flexibility index (Phi) is 3.05. The van der Waals surface area contributed by atoms with Crippen molar-refractivity contribution in [2.24, 2.45) is 0 Å². The second-order valence-electron chi connectivity index (χ2n) is 3.50. The van der Waals surface area contributed by atoms with Gasteiger partial charge in [0.2, 0.25) is 0 Å². The number of aromatic nitrogens is 1. The first-order valence-electron chi connectivity index (χ1n) is 5.10. The van der Waals surface area contributed by atoms with Crippen molar-refractivity contribution in [1.29, 1.82) is 0 Å². The molecule has 1 aromatic heterocycles. The van der Waals surface area contributed by atoms with E-state index in [0.29, 0.717) is 0 Å². The molecule has 0 fully saturated rings. The second kappa shape index (κ2) is 4.69. The van der Waals surface area contributed by atoms with Crippen LogP contribution in [0.3, 0.4) is 0 Å². The third-order valence-electron chi connectivity index (χ3n) is 2.29. The molecule has 0 N–H and O–H groups in total. The molecule has 3 rings (SSSR count). The van der Waals surface area contributed by atoms with E-state index >= 15 is 0 Å². The van der Waals surface area contributed by atoms with E-state index in [1.807, 2.05) is 42.5 Å². The fourth-order valence-corrected chi connectivity index (χ4v) is 3.66. The van der Waals surface area contributed by atoms with Gasteiger partial charge < -0.3 is 0 Å². The molecule has 0 unspecified atom stereocenters. The second-order valence-corrected chi connectivity index (χ2v) is 6.29. The largest absolute Gasteiger partial charge is 0.229 e. The molecule has 0 radical (unpaired) electrons. The van der Waals surface area contributed by atoms with Crippen molar-refractivity contribution in [1.82, 2.24) is 4.98 Å². The van der Waals surface area contributed by atoms with Crippen LogP contribution >= 0.6 is 34.7 Å². The Bertz CT molecular complexity index is 613. The molecule has 0 saturated carbocycles. The summed E-state index contributed by atoms with van der Waals surface area (Å²) in [4.78, 5) is 5.74. The van der Waals surface area contributed by atoms with Crippen LogP contribution < -0.4 is 0 Å². The van der Waals surface area contributed by atoms with Gasteiger partial charge in [0, 0.05) is 9.92 Å². The molecule has 84 valence electrons. The van der Waals surface area contributed by atoms with E-state index in [9.17, 15) is 0 Å². The van der Waals surface area contributed by atoms with Gasteiger partial charge in [-0.05, 0) is 36.4 Å². The fraction of sp³-hybridized carbons (Fsp3) is 0. The minimum Gasteiger partial charge on any atom is -0.229 e. The Morgan fingerprint density at radius 2 is 1.76 bits per heavy atom. The number of para-hydroxylation sites is 1. The van der Waals surface area contributed by atoms with Crippen molar-refractivity contribution >= 4 is 44.9 Å². The van der Waals surface area contributed by atoms with Crippen LogP contribution in [0.4, 0.5) is 0 Å². The van der Waals surface area contributed by atoms with Crippen LogP contribution in [0, 0.1) is 0 Å². The van der Waals surface area contributed by atoms with Crippen LogP contribution in [0.25, 0.3) is 10.2 Å². The minimum absolute atomic E-state index is 0.763. The summed E-state index contributed by atoms with van der Waals surface area (Å²) in [5.41, 5.74) is 1.06. The van der Waals surface area contributed by atoms with E-state index in [2.05, 4.69) is 11.1 Å². The Balaban J connectivity index is 1.92. The average molecular weight is 278 g/mol. The SMILES string of the molecule is Clc1ccc(Sc2nc3ccccc3s2)cc1. The third kappa shape index (κ3) is 2.46. The Labute approximate surface area is 112 Å². The highest BCUT2D eigenvalue weighted by Gasteiger charge is 2.04. The van der Waals surface area contributed by atoms with Crippen molar-refractivity contribution in [3.63, 3.8) is 0 Å². The van der Waals surface area contributed by atoms with E-state index in [0.717, 1.165) is 19.8 Å². The number of thiazole rings is 1. The van der Waals surface area contributed by atoms with Gasteiger partial charge in [-0.25, -0.2) is 4.98 Å². The summed E-state index contributed by atoms with van der Waals surface area (Å²) in [6.45, 7) is 0. The van der Waals surface area contributed by atoms with Crippen LogP contribution in [0.15, 0.2) is 57.8 Å². The first kappa shape index (κ1) is 11.1. The van der Waals surface area contributed by atoms with E-state index in [1.54, 1.807) is 23.1 Å². The average Bonchev–Trinajstić information content (AvgIpc) is 2.74. The topological polar surface area (TPSA) is 12.9 Å². The highest BCUT2D eigenvalue weighted by Crippen LogP contribution is 2.34. The van der Waals surface area contributed by atoms with Gasteiger partial charge in [-0.3, -0.25) is 0 Å². The molecule has 0 spiro atoms. The molecule has 17 heavy (non-hydrogen) atoms. The maximum Gasteiger partial charge on any atom is 0.155 e. The van der Waals surface area contributed by atoms with E-state index in [4.69, 9.17) is 11.6 Å². The summed E-state index contributed by atoms with van der Waals surface area (Å²) >= 11 is 9.24. The van der Waals surface area contributed by atoms with Gasteiger partial charge in [-0.15, -0.1) is 11.3 Å². The monoisotopic (exact) mass is 277 g/mol. The molecule has 0 aliphatic carbocycles. The lowest BCUT2D eigenvalue weighted by Gasteiger charge is -1.96. The number of nitrogens with zero attached hydrogens (tertiary/aromatic N) is 1. The molecule has 1 heterocycles. The maximum atomic E-state index is 5.86. The molecule has 2 aromatic carbocycles. The molecule has 4 heteroatoms. The molecule has 0 aliphatic rings. The fourth-order valence-electron chi connectivity index (χ4n) is 1.50. The Morgan fingerprint density at radius 3 is 2.53 bits per heavy atom. The van der Waals surface area contributed by atoms with Gasteiger partial charge in [-0.2, -0.15) is 0 Å². The van der Waals surface area contributed by atoms with Crippen molar-refractivity contribution in [3.05, 3.63) is 53.6 Å². The van der Waals surface area contributed by atoms with E-state index in [1.165, 1.54) is 4.70 Å². The van der Waals surface area contributed by atoms with Crippen molar-refractivity contribution < 1.29 is 0 Å². The van der Waals surface area contributed by atoms with Gasteiger partial charge in [0.15, 0.2) is 4.34 Å². The Hall–Kier alpha value is -1.03. The Morgan fingerprint density at radius 1 is 1.00 bits per heavy atom. The summed E-state index contributed by atoms with van der Waals surface area (Å²) in [6, 6.07) is 16.0. The van der Waals surface area contributed by atoms with E-state index in [-0.39, 0.29) is 0 Å². The molecular weight excluding hydrogens is 270 g/mol. The molecule has 1 nitrogen and oxygen atoms in total. The van der Waals surface area contributed by atoms with Gasteiger partial charge in [0.1, 0.15) is 0 Å². The summed E-state index contributed by atoms with van der Waals surface area (Å²) in [5, 5.41) is 0.763. The lowest BCUT2D eigenvalue weighted by molar-refractivity contribution is 1.29. The van der Waals surface area contributed by atoms with Crippen LogP contribution in [0.1, 0.15) is 0 Å². The van der Waals surface area contributed by atoms with Crippen molar-refractivity contribution in [2.45, 2.75) is 9.24 Å². The number of fused-ring (bicyclic) bond motifs is 1. The highest BCUT2D eigenvalue weighted by atomic mass is 35.5. The summed E-state index contributed by atoms with van der Waals surface area (Å²) < 4.78 is 2.29. The van der Waals surface area contributed by atoms with Crippen LogP contribution in [0.2, 0.25) is 5.02 Å². The number of halogens is 1. The summed E-state index contributed by atoms with van der Waals surface area (Å²) in [6.07, 6.45) is 0. The summed E-state index contributed by atoms with van der Waals surface area (Å²) in [5.74, 6) is 0. The lowest BCUT2D eigenvalue weighted by Crippen LogP contribution is -1.71. The first-order chi connectivity index (χ1) is 8.31. The zero-order valence-electron chi connectivity index (χ0n) is 8.76. The quantitative estimate of drug-likeness (QED) is 0.646. The summed E-state index contributed by atoms with van der Waals surface area (Å²) in [7, 11) is 0. The lowest BCUT2D eigenvalue weighted by atomic mass is 10.3. The van der Waals surface area contributed by atoms with Gasteiger partial charge in [-0.1, -0.05) is 35.5 Å². The van der Waals surface area contributed by atoms with Gasteiger partial charge in [0.25, 0.3) is 0 Å². The molecule has 0 atom stereocenters. The first-order valence-corrected chi connectivity index (χ1v) is 7.11. The zero-order chi connectivity index (χ0) is 11.7. The number of benzene rings is 2. The molecule has 0 aliphatic heterocycles. The zero-order valence-corrected chi connectivity index (χ0v) is 11.1. The van der Waals surface area contributed by atoms with Crippen LogP contribution in [0.5, 0.6) is 0 Å². The third-order valence-corrected chi connectivity index (χ3v) is 4.65. The van der Waals surface area contributed by atoms with Crippen molar-refractivity contribution in [2.75, 3.05) is 0 Å². The molecule has 0 amide bonds. The molecule has 3 aromatic rings. The smallest absolute Gasteiger partial charge is 0.155 e. The molecule has 0 bridgehead atoms. The van der Waals surface area contributed by atoms with Gasteiger partial charge in [0.05, 0.1) is 10.2 Å². The highest BCUT2D eigenvalue weighted by molar-refractivity contribution is 8.01. The number of hydrogen-bond acceptors (Lipinski definition) is 3. The number of hydrogen-bond donors (Lipinski definition) is 0. The predicted molar refractivity (Wildman–Crippen MR) is 75.2 cm³/mol. The molecule has 0 saturated heterocycles. The van der Waals surface area contributed by atoms with Gasteiger partial charge >= 0.3 is 0 Å². The van der Waals surface area contributed by atoms with Crippen LogP contribution in [-0.2, 0) is 0 Å². The molecular formula is C13H8ClNS2. The minimum atomic E-state index is 0.763.